The zero-order valence-corrected chi connectivity index (χ0v) is 18.2. The Morgan fingerprint density at radius 1 is 1.07 bits per heavy atom. The highest BCUT2D eigenvalue weighted by atomic mass is 16.5. The summed E-state index contributed by atoms with van der Waals surface area (Å²) in [4.78, 5) is 23.1. The highest BCUT2D eigenvalue weighted by Gasteiger charge is 2.38. The first kappa shape index (κ1) is 24.4. The predicted octanol–water partition coefficient (Wildman–Crippen LogP) is 1.56. The summed E-state index contributed by atoms with van der Waals surface area (Å²) in [5.41, 5.74) is 8.06. The molecule has 1 heterocycles. The van der Waals surface area contributed by atoms with Crippen LogP contribution in [0.1, 0.15) is 71.1 Å². The third-order valence-corrected chi connectivity index (χ3v) is 6.30. The maximum atomic E-state index is 12.5. The van der Waals surface area contributed by atoms with Gasteiger partial charge in [0, 0.05) is 13.3 Å². The summed E-state index contributed by atoms with van der Waals surface area (Å²) >= 11 is 0. The molecule has 30 heavy (non-hydrogen) atoms. The molecule has 1 aliphatic carbocycles. The molecule has 1 aliphatic heterocycles. The van der Waals surface area contributed by atoms with Gasteiger partial charge in [-0.2, -0.15) is 5.10 Å². The van der Waals surface area contributed by atoms with Crippen LogP contribution in [0.5, 0.6) is 0 Å². The number of carbonyl (C=O) groups excluding carboxylic acids is 2. The smallest absolute Gasteiger partial charge is 0.323 e. The lowest BCUT2D eigenvalue weighted by Gasteiger charge is -2.42. The molecule has 0 aromatic rings. The number of nitrogens with two attached hydrogens (primary N) is 2. The molecule has 0 amide bonds. The van der Waals surface area contributed by atoms with Crippen molar-refractivity contribution in [1.29, 1.82) is 0 Å². The summed E-state index contributed by atoms with van der Waals surface area (Å²) in [7, 11) is 0. The first-order chi connectivity index (χ1) is 14.5. The Bertz CT molecular complexity index is 572. The highest BCUT2D eigenvalue weighted by molar-refractivity contribution is 5.79. The molecule has 1 saturated heterocycles. The summed E-state index contributed by atoms with van der Waals surface area (Å²) in [6.07, 6.45) is 9.78. The van der Waals surface area contributed by atoms with Crippen LogP contribution in [0, 0.1) is 17.8 Å². The largest absolute Gasteiger partial charge is 0.466 e. The van der Waals surface area contributed by atoms with Crippen molar-refractivity contribution in [3.63, 3.8) is 0 Å². The van der Waals surface area contributed by atoms with E-state index in [1.165, 1.54) is 19.8 Å². The number of hydrogen-bond acceptors (Lipinski definition) is 8. The number of carbonyl (C=O) groups is 2. The lowest BCUT2D eigenvalue weighted by Crippen LogP contribution is -2.50. The molecule has 6 N–H and O–H groups in total. The van der Waals surface area contributed by atoms with Gasteiger partial charge in [-0.25, -0.2) is 11.4 Å². The molecule has 2 aliphatic rings. The van der Waals surface area contributed by atoms with E-state index in [1.54, 1.807) is 0 Å². The number of amidine groups is 1. The molecule has 4 unspecified atom stereocenters. The molecule has 2 rings (SSSR count). The number of nitrogens with one attached hydrogen (secondary N) is 2. The van der Waals surface area contributed by atoms with Crippen LogP contribution in [-0.4, -0.2) is 43.6 Å². The number of hydrogen-bond donors (Lipinski definition) is 4. The molecule has 0 radical (unpaired) electrons. The maximum Gasteiger partial charge on any atom is 0.323 e. The molecule has 4 atom stereocenters. The lowest BCUT2D eigenvalue weighted by molar-refractivity contribution is -0.148. The number of hydrazone groups is 1. The Balaban J connectivity index is 1.61. The van der Waals surface area contributed by atoms with Crippen molar-refractivity contribution >= 4 is 17.8 Å². The van der Waals surface area contributed by atoms with Crippen LogP contribution in [0.25, 0.3) is 0 Å². The Morgan fingerprint density at radius 2 is 1.80 bits per heavy atom. The van der Waals surface area contributed by atoms with E-state index in [9.17, 15) is 9.59 Å². The van der Waals surface area contributed by atoms with Crippen molar-refractivity contribution in [3.8, 4) is 0 Å². The zero-order chi connectivity index (χ0) is 21.8. The molecule has 1 saturated carbocycles. The standard InChI is InChI=1S/C21H39N5O4/c1-15(27)29-10-4-2-3-5-11-30-21(28)19-13-18-12-16(6-8-17(18)14-24-19)7-9-20(22)25-26-23/h16-19,24,26H,2-14,23H2,1H3,(H2,22,25). The van der Waals surface area contributed by atoms with E-state index in [-0.39, 0.29) is 18.0 Å². The summed E-state index contributed by atoms with van der Waals surface area (Å²) in [5.74, 6) is 7.18. The molecule has 0 spiro atoms. The van der Waals surface area contributed by atoms with E-state index >= 15 is 0 Å². The zero-order valence-electron chi connectivity index (χ0n) is 18.2. The van der Waals surface area contributed by atoms with Crippen LogP contribution < -0.4 is 22.4 Å². The Labute approximate surface area is 179 Å². The minimum absolute atomic E-state index is 0.124. The molecule has 0 bridgehead atoms. The average molecular weight is 426 g/mol. The normalized spacial score (nSPS) is 26.5. The first-order valence-electron chi connectivity index (χ1n) is 11.3. The molecule has 0 aromatic heterocycles. The third kappa shape index (κ3) is 8.87. The van der Waals surface area contributed by atoms with Crippen molar-refractivity contribution < 1.29 is 19.1 Å². The van der Waals surface area contributed by atoms with Crippen LogP contribution in [0.4, 0.5) is 0 Å². The van der Waals surface area contributed by atoms with Crippen molar-refractivity contribution in [2.45, 2.75) is 77.2 Å². The Hall–Kier alpha value is -1.87. The number of fused-ring (bicyclic) bond motifs is 1. The van der Waals surface area contributed by atoms with Gasteiger partial charge in [-0.3, -0.25) is 9.59 Å². The van der Waals surface area contributed by atoms with E-state index in [2.05, 4.69) is 16.0 Å². The van der Waals surface area contributed by atoms with E-state index in [4.69, 9.17) is 21.1 Å². The SMILES string of the molecule is CC(=O)OCCCCCCOC(=O)C1CC2CC(CC/C(N)=N/NN)CCC2CN1. The van der Waals surface area contributed by atoms with Crippen molar-refractivity contribution in [3.05, 3.63) is 0 Å². The molecule has 0 aromatic carbocycles. The topological polar surface area (TPSA) is 141 Å². The molecule has 9 nitrogen and oxygen atoms in total. The number of unbranched alkanes of at least 4 members (excludes halogenated alkanes) is 3. The van der Waals surface area contributed by atoms with Crippen LogP contribution >= 0.6 is 0 Å². The van der Waals surface area contributed by atoms with Gasteiger partial charge in [0.15, 0.2) is 0 Å². The van der Waals surface area contributed by atoms with Gasteiger partial charge in [-0.15, -0.1) is 0 Å². The van der Waals surface area contributed by atoms with Gasteiger partial charge in [-0.05, 0) is 75.7 Å². The number of hydrazine groups is 1. The summed E-state index contributed by atoms with van der Waals surface area (Å²) in [6, 6.07) is -0.193. The number of ether oxygens (including phenoxy) is 2. The maximum absolute atomic E-state index is 12.5. The van der Waals surface area contributed by atoms with Gasteiger partial charge in [-0.1, -0.05) is 6.42 Å². The van der Waals surface area contributed by atoms with E-state index < -0.39 is 0 Å². The van der Waals surface area contributed by atoms with Crippen molar-refractivity contribution in [2.24, 2.45) is 34.4 Å². The third-order valence-electron chi connectivity index (χ3n) is 6.30. The quantitative estimate of drug-likeness (QED) is 0.0922. The number of nitrogens with zero attached hydrogens (tertiary/aromatic N) is 1. The summed E-state index contributed by atoms with van der Waals surface area (Å²) in [5, 5.41) is 7.22. The van der Waals surface area contributed by atoms with Crippen LogP contribution in [0.15, 0.2) is 5.10 Å². The molecule has 172 valence electrons. The minimum Gasteiger partial charge on any atom is -0.466 e. The van der Waals surface area contributed by atoms with Crippen molar-refractivity contribution in [1.82, 2.24) is 10.9 Å². The predicted molar refractivity (Wildman–Crippen MR) is 115 cm³/mol. The van der Waals surface area contributed by atoms with E-state index in [1.807, 2.05) is 0 Å². The Kier molecular flexibility index (Phi) is 10.9. The van der Waals surface area contributed by atoms with Gasteiger partial charge >= 0.3 is 11.9 Å². The molecule has 9 heteroatoms. The minimum atomic E-state index is -0.239. The average Bonchev–Trinajstić information content (AvgIpc) is 2.73. The van der Waals surface area contributed by atoms with Gasteiger partial charge in [0.05, 0.1) is 13.2 Å². The monoisotopic (exact) mass is 425 g/mol. The fourth-order valence-electron chi connectivity index (χ4n) is 4.64. The number of piperidine rings is 1. The molecular formula is C21H39N5O4. The number of esters is 2. The second-order valence-electron chi connectivity index (χ2n) is 8.59. The van der Waals surface area contributed by atoms with Gasteiger partial charge in [0.1, 0.15) is 11.9 Å². The summed E-state index contributed by atoms with van der Waals surface area (Å²) < 4.78 is 10.4. The van der Waals surface area contributed by atoms with Crippen molar-refractivity contribution in [2.75, 3.05) is 19.8 Å². The first-order valence-corrected chi connectivity index (χ1v) is 11.3. The summed E-state index contributed by atoms with van der Waals surface area (Å²) in [6.45, 7) is 3.23. The molecular weight excluding hydrogens is 386 g/mol. The lowest BCUT2D eigenvalue weighted by atomic mass is 9.69. The van der Waals surface area contributed by atoms with Crippen LogP contribution in [0.3, 0.4) is 0 Å². The molecule has 2 fully saturated rings. The second-order valence-corrected chi connectivity index (χ2v) is 8.59. The fourth-order valence-corrected chi connectivity index (χ4v) is 4.64. The van der Waals surface area contributed by atoms with E-state index in [0.29, 0.717) is 36.8 Å². The highest BCUT2D eigenvalue weighted by Crippen LogP contribution is 2.40. The second kappa shape index (κ2) is 13.4. The van der Waals surface area contributed by atoms with Crippen LogP contribution in [0.2, 0.25) is 0 Å². The van der Waals surface area contributed by atoms with Crippen LogP contribution in [-0.2, 0) is 19.1 Å². The number of rotatable bonds is 12. The fraction of sp³-hybridized carbons (Fsp3) is 0.857. The van der Waals surface area contributed by atoms with Gasteiger partial charge in [0.25, 0.3) is 0 Å². The van der Waals surface area contributed by atoms with Gasteiger partial charge < -0.3 is 20.5 Å². The Morgan fingerprint density at radius 3 is 2.50 bits per heavy atom. The van der Waals surface area contributed by atoms with E-state index in [0.717, 1.165) is 57.9 Å². The van der Waals surface area contributed by atoms with Gasteiger partial charge in [0.2, 0.25) is 0 Å².